The molecule has 3 saturated heterocycles. The van der Waals surface area contributed by atoms with Crippen molar-refractivity contribution in [2.75, 3.05) is 20.5 Å². The first-order valence-electron chi connectivity index (χ1n) is 17.5. The molecule has 15 atom stereocenters. The Morgan fingerprint density at radius 3 is 2.39 bits per heavy atom. The molecular formula is C35H56O11. The Labute approximate surface area is 273 Å². The van der Waals surface area contributed by atoms with Crippen molar-refractivity contribution in [3.8, 4) is 0 Å². The lowest BCUT2D eigenvalue weighted by Gasteiger charge is -2.71. The number of carbonyl (C=O) groups excluding carboxylic acids is 1. The van der Waals surface area contributed by atoms with Crippen molar-refractivity contribution in [2.45, 2.75) is 159 Å². The molecule has 1 spiro atoms. The third-order valence-electron chi connectivity index (χ3n) is 13.7. The molecule has 11 nitrogen and oxygen atoms in total. The number of carbonyl (C=O) groups is 1. The second-order valence-corrected chi connectivity index (χ2v) is 16.8. The van der Waals surface area contributed by atoms with Crippen molar-refractivity contribution in [1.29, 1.82) is 0 Å². The van der Waals surface area contributed by atoms with Crippen LogP contribution >= 0.6 is 0 Å². The van der Waals surface area contributed by atoms with Crippen LogP contribution in [0.25, 0.3) is 0 Å². The highest BCUT2D eigenvalue weighted by molar-refractivity contribution is 5.57. The standard InChI is InChI=1S/C35H56O11/c1-19-20(2)42-29(28-27(19)45-31(5,6)46-28)43-22-13-25-34(17-41-30(3,4)44-25)26-23(10-11-33(34,37)14-22)35(38)12-9-21(16-36)32(35,7)15-24(26)40-18-39-8/h16,19-29,37-38H,9-15,17-18H2,1-8H3/t19-,20-,21+,22-,23?,24+,25+,26?,27+,28+,29-,32+,33-,34+,35-/m0/s1. The minimum Gasteiger partial charge on any atom is -0.389 e. The van der Waals surface area contributed by atoms with Gasteiger partial charge in [0.25, 0.3) is 0 Å². The van der Waals surface area contributed by atoms with Crippen molar-refractivity contribution >= 4 is 6.29 Å². The van der Waals surface area contributed by atoms with Gasteiger partial charge in [-0.2, -0.15) is 0 Å². The van der Waals surface area contributed by atoms with Gasteiger partial charge in [-0.25, -0.2) is 0 Å². The summed E-state index contributed by atoms with van der Waals surface area (Å²) in [4.78, 5) is 12.3. The van der Waals surface area contributed by atoms with Gasteiger partial charge >= 0.3 is 0 Å². The molecule has 0 radical (unpaired) electrons. The Kier molecular flexibility index (Phi) is 8.17. The lowest BCUT2D eigenvalue weighted by Crippen LogP contribution is -2.78. The molecule has 262 valence electrons. The summed E-state index contributed by atoms with van der Waals surface area (Å²) < 4.78 is 51.0. The fraction of sp³-hybridized carbons (Fsp3) is 0.971. The highest BCUT2D eigenvalue weighted by Crippen LogP contribution is 2.71. The highest BCUT2D eigenvalue weighted by Gasteiger charge is 2.77. The smallest absolute Gasteiger partial charge is 0.187 e. The average molecular weight is 653 g/mol. The predicted octanol–water partition coefficient (Wildman–Crippen LogP) is 3.70. The van der Waals surface area contributed by atoms with Crippen molar-refractivity contribution in [3.05, 3.63) is 0 Å². The molecule has 2 unspecified atom stereocenters. The predicted molar refractivity (Wildman–Crippen MR) is 163 cm³/mol. The molecule has 0 aromatic carbocycles. The van der Waals surface area contributed by atoms with Crippen LogP contribution in [-0.2, 0) is 42.7 Å². The zero-order valence-electron chi connectivity index (χ0n) is 28.9. The molecule has 3 heterocycles. The maximum absolute atomic E-state index is 13.0. The molecule has 46 heavy (non-hydrogen) atoms. The van der Waals surface area contributed by atoms with Crippen molar-refractivity contribution < 1.29 is 52.9 Å². The molecule has 4 saturated carbocycles. The first-order chi connectivity index (χ1) is 21.5. The number of hydrogen-bond acceptors (Lipinski definition) is 11. The van der Waals surface area contributed by atoms with Gasteiger partial charge in [0.15, 0.2) is 17.9 Å². The molecule has 3 aliphatic heterocycles. The summed E-state index contributed by atoms with van der Waals surface area (Å²) in [6.07, 6.45) is 2.03. The lowest BCUT2D eigenvalue weighted by atomic mass is 9.40. The normalized spacial score (nSPS) is 55.4. The SMILES string of the molecule is COCO[C@@H]1C[C@]2(C)[C@@H](C=O)CC[C@]2(O)C2CC[C@]3(O)C[C@@H](O[C@@H]4O[C@@H](C)[C@H](C)[C@H]5OC(C)(C)O[C@@H]45)C[C@H]4OC(C)(C)OC[C@]43C21. The van der Waals surface area contributed by atoms with E-state index in [1.54, 1.807) is 7.11 Å². The minimum atomic E-state index is -1.24. The van der Waals surface area contributed by atoms with Crippen LogP contribution in [0.5, 0.6) is 0 Å². The third-order valence-corrected chi connectivity index (χ3v) is 13.7. The summed E-state index contributed by atoms with van der Waals surface area (Å²) >= 11 is 0. The summed E-state index contributed by atoms with van der Waals surface area (Å²) in [5.41, 5.74) is -3.85. The van der Waals surface area contributed by atoms with E-state index >= 15 is 0 Å². The Bertz CT molecular complexity index is 1180. The zero-order chi connectivity index (χ0) is 33.1. The van der Waals surface area contributed by atoms with Gasteiger partial charge in [0.2, 0.25) is 0 Å². The van der Waals surface area contributed by atoms with Crippen LogP contribution in [0.2, 0.25) is 0 Å². The maximum atomic E-state index is 13.0. The van der Waals surface area contributed by atoms with Gasteiger partial charge in [-0.15, -0.1) is 0 Å². The maximum Gasteiger partial charge on any atom is 0.187 e. The molecule has 0 bridgehead atoms. The molecule has 0 aromatic rings. The van der Waals surface area contributed by atoms with E-state index in [2.05, 4.69) is 6.92 Å². The Morgan fingerprint density at radius 1 is 0.935 bits per heavy atom. The van der Waals surface area contributed by atoms with Crippen molar-refractivity contribution in [3.63, 3.8) is 0 Å². The molecule has 0 amide bonds. The number of methoxy groups -OCH3 is 1. The van der Waals surface area contributed by atoms with Crippen LogP contribution in [0.1, 0.15) is 93.4 Å². The van der Waals surface area contributed by atoms with Crippen LogP contribution in [0, 0.1) is 34.5 Å². The van der Waals surface area contributed by atoms with Crippen LogP contribution in [0.4, 0.5) is 0 Å². The van der Waals surface area contributed by atoms with E-state index in [0.29, 0.717) is 44.9 Å². The van der Waals surface area contributed by atoms with Crippen LogP contribution < -0.4 is 0 Å². The molecule has 4 aliphatic carbocycles. The number of ether oxygens (including phenoxy) is 8. The molecule has 2 N–H and O–H groups in total. The summed E-state index contributed by atoms with van der Waals surface area (Å²) in [5, 5.41) is 25.7. The second kappa shape index (κ2) is 11.1. The third kappa shape index (κ3) is 4.77. The zero-order valence-corrected chi connectivity index (χ0v) is 28.9. The fourth-order valence-electron chi connectivity index (χ4n) is 11.3. The Morgan fingerprint density at radius 2 is 1.67 bits per heavy atom. The number of fused-ring (bicyclic) bond motifs is 4. The summed E-state index contributed by atoms with van der Waals surface area (Å²) in [6, 6.07) is 0. The topological polar surface area (TPSA) is 131 Å². The van der Waals surface area contributed by atoms with Gasteiger partial charge in [-0.3, -0.25) is 0 Å². The first kappa shape index (κ1) is 33.8. The van der Waals surface area contributed by atoms with Gasteiger partial charge < -0.3 is 52.9 Å². The summed E-state index contributed by atoms with van der Waals surface area (Å²) in [6.45, 7) is 14.2. The molecular weight excluding hydrogens is 596 g/mol. The van der Waals surface area contributed by atoms with E-state index in [-0.39, 0.29) is 61.5 Å². The monoisotopic (exact) mass is 652 g/mol. The fourth-order valence-corrected chi connectivity index (χ4v) is 11.3. The summed E-state index contributed by atoms with van der Waals surface area (Å²) in [7, 11) is 1.60. The van der Waals surface area contributed by atoms with Crippen LogP contribution in [0.3, 0.4) is 0 Å². The van der Waals surface area contributed by atoms with E-state index < -0.39 is 52.1 Å². The molecule has 7 rings (SSSR count). The second-order valence-electron chi connectivity index (χ2n) is 16.8. The van der Waals surface area contributed by atoms with Crippen molar-refractivity contribution in [2.24, 2.45) is 34.5 Å². The van der Waals surface area contributed by atoms with Crippen LogP contribution in [-0.4, -0.2) is 103 Å². The van der Waals surface area contributed by atoms with Gasteiger partial charge in [0.1, 0.15) is 19.2 Å². The van der Waals surface area contributed by atoms with Gasteiger partial charge in [-0.05, 0) is 72.6 Å². The molecule has 7 aliphatic rings. The number of aldehydes is 1. The Hall–Kier alpha value is -0.730. The van der Waals surface area contributed by atoms with E-state index in [4.69, 9.17) is 37.9 Å². The Balaban J connectivity index is 1.24. The quantitative estimate of drug-likeness (QED) is 0.247. The van der Waals surface area contributed by atoms with Crippen molar-refractivity contribution in [1.82, 2.24) is 0 Å². The summed E-state index contributed by atoms with van der Waals surface area (Å²) in [5.74, 6) is -2.28. The average Bonchev–Trinajstić information content (AvgIpc) is 3.45. The van der Waals surface area contributed by atoms with Crippen LogP contribution in [0.15, 0.2) is 0 Å². The van der Waals surface area contributed by atoms with E-state index in [1.807, 2.05) is 41.5 Å². The number of rotatable bonds is 6. The molecule has 11 heteroatoms. The minimum absolute atomic E-state index is 0.0723. The number of aliphatic hydroxyl groups is 2. The van der Waals surface area contributed by atoms with E-state index in [0.717, 1.165) is 6.29 Å². The van der Waals surface area contributed by atoms with E-state index in [9.17, 15) is 15.0 Å². The number of hydrogen-bond donors (Lipinski definition) is 2. The van der Waals surface area contributed by atoms with E-state index in [1.165, 1.54) is 0 Å². The highest BCUT2D eigenvalue weighted by atomic mass is 16.8. The van der Waals surface area contributed by atoms with Gasteiger partial charge in [0.05, 0.1) is 53.7 Å². The molecule has 0 aromatic heterocycles. The molecule has 7 fully saturated rings. The van der Waals surface area contributed by atoms with Gasteiger partial charge in [0, 0.05) is 43.1 Å². The van der Waals surface area contributed by atoms with Gasteiger partial charge in [-0.1, -0.05) is 13.8 Å². The largest absolute Gasteiger partial charge is 0.389 e. The lowest BCUT2D eigenvalue weighted by molar-refractivity contribution is -0.409. The first-order valence-corrected chi connectivity index (χ1v) is 17.5.